The van der Waals surface area contributed by atoms with Crippen LogP contribution in [-0.2, 0) is 9.53 Å². The van der Waals surface area contributed by atoms with Gasteiger partial charge in [-0.25, -0.2) is 4.79 Å². The summed E-state index contributed by atoms with van der Waals surface area (Å²) in [6.07, 6.45) is 1.13. The first-order valence-corrected chi connectivity index (χ1v) is 5.26. The van der Waals surface area contributed by atoms with Gasteiger partial charge < -0.3 is 10.1 Å². The molecule has 0 fully saturated rings. The van der Waals surface area contributed by atoms with E-state index in [1.165, 1.54) is 38.3 Å². The Morgan fingerprint density at radius 1 is 1.32 bits per heavy atom. The summed E-state index contributed by atoms with van der Waals surface area (Å²) in [4.78, 5) is 32.6. The van der Waals surface area contributed by atoms with Crippen molar-refractivity contribution in [2.24, 2.45) is 0 Å². The lowest BCUT2D eigenvalue weighted by atomic mass is 10.2. The number of nitrogens with zero attached hydrogens (tertiary/aromatic N) is 1. The molecule has 0 atom stereocenters. The number of nitrogens with one attached hydrogen (secondary N) is 1. The van der Waals surface area contributed by atoms with Crippen molar-refractivity contribution >= 4 is 17.6 Å². The number of ether oxygens (including phenoxy) is 1. The van der Waals surface area contributed by atoms with Gasteiger partial charge in [-0.2, -0.15) is 0 Å². The predicted octanol–water partition coefficient (Wildman–Crippen LogP) is 1.40. The van der Waals surface area contributed by atoms with E-state index in [9.17, 15) is 19.7 Å². The maximum absolute atomic E-state index is 11.7. The van der Waals surface area contributed by atoms with Crippen LogP contribution < -0.4 is 5.32 Å². The van der Waals surface area contributed by atoms with E-state index < -0.39 is 16.8 Å². The quantitative estimate of drug-likeness (QED) is 0.383. The summed E-state index contributed by atoms with van der Waals surface area (Å²) >= 11 is 0. The molecule has 0 aliphatic heterocycles. The van der Waals surface area contributed by atoms with Crippen molar-refractivity contribution in [3.05, 3.63) is 51.7 Å². The predicted molar refractivity (Wildman–Crippen MR) is 66.3 cm³/mol. The van der Waals surface area contributed by atoms with Crippen LogP contribution in [0, 0.1) is 10.1 Å². The Hall–Kier alpha value is -2.70. The Kier molecular flexibility index (Phi) is 4.76. The second kappa shape index (κ2) is 6.29. The maximum Gasteiger partial charge on any atom is 0.332 e. The van der Waals surface area contributed by atoms with E-state index in [0.717, 1.165) is 6.08 Å². The molecule has 1 aromatic carbocycles. The minimum absolute atomic E-state index is 0.0987. The van der Waals surface area contributed by atoms with E-state index in [-0.39, 0.29) is 11.3 Å². The third-order valence-electron chi connectivity index (χ3n) is 2.19. The molecular formula is C12H12N2O5. The van der Waals surface area contributed by atoms with Gasteiger partial charge in [-0.15, -0.1) is 0 Å². The van der Waals surface area contributed by atoms with Crippen molar-refractivity contribution in [3.8, 4) is 0 Å². The molecule has 1 rings (SSSR count). The third-order valence-corrected chi connectivity index (χ3v) is 2.19. The van der Waals surface area contributed by atoms with Crippen molar-refractivity contribution in [3.63, 3.8) is 0 Å². The van der Waals surface area contributed by atoms with E-state index in [0.29, 0.717) is 5.70 Å². The molecule has 0 saturated heterocycles. The van der Waals surface area contributed by atoms with Gasteiger partial charge in [0.15, 0.2) is 0 Å². The number of non-ortho nitro benzene ring substituents is 1. The van der Waals surface area contributed by atoms with Crippen LogP contribution in [0.4, 0.5) is 5.69 Å². The molecule has 1 aromatic rings. The first kappa shape index (κ1) is 14.4. The third kappa shape index (κ3) is 4.23. The number of methoxy groups -OCH3 is 1. The molecule has 100 valence electrons. The lowest BCUT2D eigenvalue weighted by Crippen LogP contribution is -2.22. The Morgan fingerprint density at radius 2 is 1.89 bits per heavy atom. The zero-order valence-electron chi connectivity index (χ0n) is 10.4. The highest BCUT2D eigenvalue weighted by Crippen LogP contribution is 2.12. The lowest BCUT2D eigenvalue weighted by molar-refractivity contribution is -0.384. The number of hydrogen-bond acceptors (Lipinski definition) is 5. The fourth-order valence-corrected chi connectivity index (χ4v) is 1.26. The van der Waals surface area contributed by atoms with Gasteiger partial charge in [0.1, 0.15) is 0 Å². The lowest BCUT2D eigenvalue weighted by Gasteiger charge is -2.04. The molecule has 0 aliphatic rings. The summed E-state index contributed by atoms with van der Waals surface area (Å²) in [7, 11) is 1.23. The number of benzene rings is 1. The number of nitro benzene ring substituents is 1. The molecule has 1 N–H and O–H groups in total. The van der Waals surface area contributed by atoms with E-state index in [4.69, 9.17) is 0 Å². The SMILES string of the molecule is COC(=O)C=C(C)NC(=O)c1ccc([N+](=O)[O-])cc1. The van der Waals surface area contributed by atoms with Gasteiger partial charge >= 0.3 is 5.97 Å². The first-order valence-electron chi connectivity index (χ1n) is 5.26. The van der Waals surface area contributed by atoms with Gasteiger partial charge in [-0.3, -0.25) is 14.9 Å². The largest absolute Gasteiger partial charge is 0.466 e. The van der Waals surface area contributed by atoms with Crippen LogP contribution in [0.5, 0.6) is 0 Å². The molecule has 0 radical (unpaired) electrons. The number of hydrogen-bond donors (Lipinski definition) is 1. The van der Waals surface area contributed by atoms with E-state index in [2.05, 4.69) is 10.1 Å². The molecule has 0 bridgehead atoms. The van der Waals surface area contributed by atoms with Crippen LogP contribution in [0.15, 0.2) is 36.0 Å². The fourth-order valence-electron chi connectivity index (χ4n) is 1.26. The zero-order chi connectivity index (χ0) is 14.4. The normalized spacial score (nSPS) is 10.7. The highest BCUT2D eigenvalue weighted by atomic mass is 16.6. The second-order valence-corrected chi connectivity index (χ2v) is 3.61. The Bertz CT molecular complexity index is 534. The molecule has 19 heavy (non-hydrogen) atoms. The minimum Gasteiger partial charge on any atom is -0.466 e. The molecular weight excluding hydrogens is 252 g/mol. The number of carbonyl (C=O) groups excluding carboxylic acids is 2. The van der Waals surface area contributed by atoms with Crippen molar-refractivity contribution in [2.45, 2.75) is 6.92 Å². The second-order valence-electron chi connectivity index (χ2n) is 3.61. The van der Waals surface area contributed by atoms with Crippen LogP contribution in [0.3, 0.4) is 0 Å². The number of nitro groups is 1. The Balaban J connectivity index is 2.76. The van der Waals surface area contributed by atoms with Gasteiger partial charge in [-0.05, 0) is 19.1 Å². The molecule has 0 aliphatic carbocycles. The summed E-state index contributed by atoms with van der Waals surface area (Å²) in [6, 6.07) is 5.13. The van der Waals surface area contributed by atoms with Crippen LogP contribution in [0.1, 0.15) is 17.3 Å². The standard InChI is InChI=1S/C12H12N2O5/c1-8(7-11(15)19-2)13-12(16)9-3-5-10(6-4-9)14(17)18/h3-7H,1-2H3,(H,13,16). The van der Waals surface area contributed by atoms with Crippen molar-refractivity contribution in [1.82, 2.24) is 5.32 Å². The zero-order valence-corrected chi connectivity index (χ0v) is 10.4. The van der Waals surface area contributed by atoms with Crippen molar-refractivity contribution < 1.29 is 19.2 Å². The minimum atomic E-state index is -0.582. The number of rotatable bonds is 4. The Labute approximate surface area is 109 Å². The van der Waals surface area contributed by atoms with E-state index in [1.807, 2.05) is 0 Å². The fraction of sp³-hybridized carbons (Fsp3) is 0.167. The highest BCUT2D eigenvalue weighted by molar-refractivity contribution is 5.96. The number of allylic oxidation sites excluding steroid dienone is 1. The van der Waals surface area contributed by atoms with E-state index in [1.54, 1.807) is 0 Å². The summed E-state index contributed by atoms with van der Waals surface area (Å²) in [5.41, 5.74) is 0.469. The molecule has 0 spiro atoms. The number of esters is 1. The van der Waals surface area contributed by atoms with Crippen LogP contribution >= 0.6 is 0 Å². The maximum atomic E-state index is 11.7. The van der Waals surface area contributed by atoms with E-state index >= 15 is 0 Å². The monoisotopic (exact) mass is 264 g/mol. The van der Waals surface area contributed by atoms with Gasteiger partial charge in [0.2, 0.25) is 0 Å². The first-order chi connectivity index (χ1) is 8.93. The molecule has 1 amide bonds. The van der Waals surface area contributed by atoms with Gasteiger partial charge in [0.05, 0.1) is 12.0 Å². The summed E-state index contributed by atoms with van der Waals surface area (Å²) in [5.74, 6) is -1.05. The molecule has 0 saturated carbocycles. The van der Waals surface area contributed by atoms with Crippen LogP contribution in [0.25, 0.3) is 0 Å². The topological polar surface area (TPSA) is 98.5 Å². The summed E-state index contributed by atoms with van der Waals surface area (Å²) < 4.78 is 4.41. The van der Waals surface area contributed by atoms with Crippen molar-refractivity contribution in [1.29, 1.82) is 0 Å². The molecule has 0 heterocycles. The van der Waals surface area contributed by atoms with Crippen LogP contribution in [0.2, 0.25) is 0 Å². The smallest absolute Gasteiger partial charge is 0.332 e. The molecule has 0 unspecified atom stereocenters. The van der Waals surface area contributed by atoms with Gasteiger partial charge in [0.25, 0.3) is 11.6 Å². The van der Waals surface area contributed by atoms with Crippen LogP contribution in [-0.4, -0.2) is 23.9 Å². The van der Waals surface area contributed by atoms with Gasteiger partial charge in [-0.1, -0.05) is 0 Å². The molecule has 7 nitrogen and oxygen atoms in total. The van der Waals surface area contributed by atoms with Gasteiger partial charge in [0, 0.05) is 29.5 Å². The summed E-state index contributed by atoms with van der Waals surface area (Å²) in [6.45, 7) is 1.53. The Morgan fingerprint density at radius 3 is 2.37 bits per heavy atom. The molecule has 7 heteroatoms. The average Bonchev–Trinajstić information content (AvgIpc) is 2.38. The van der Waals surface area contributed by atoms with Crippen molar-refractivity contribution in [2.75, 3.05) is 7.11 Å². The average molecular weight is 264 g/mol. The molecule has 0 aromatic heterocycles. The summed E-state index contributed by atoms with van der Waals surface area (Å²) in [5, 5.41) is 12.9. The highest BCUT2D eigenvalue weighted by Gasteiger charge is 2.09. The number of carbonyl (C=O) groups is 2. The number of amides is 1.